The molecule has 0 saturated carbocycles. The van der Waals surface area contributed by atoms with Crippen LogP contribution in [0.2, 0.25) is 0 Å². The normalized spacial score (nSPS) is 20.9. The van der Waals surface area contributed by atoms with E-state index in [1.54, 1.807) is 6.07 Å². The quantitative estimate of drug-likeness (QED) is 0.850. The van der Waals surface area contributed by atoms with Crippen LogP contribution in [0.5, 0.6) is 0 Å². The van der Waals surface area contributed by atoms with Gasteiger partial charge >= 0.3 is 6.09 Å². The first-order valence-corrected chi connectivity index (χ1v) is 5.47. The summed E-state index contributed by atoms with van der Waals surface area (Å²) in [7, 11) is 0. The van der Waals surface area contributed by atoms with E-state index in [1.807, 2.05) is 32.0 Å². The lowest BCUT2D eigenvalue weighted by Crippen LogP contribution is -2.47. The fraction of sp³-hybridized carbons (Fsp3) is 0.385. The number of alkyl carbamates (subject to hydrolysis) is 1. The molecule has 1 aromatic carbocycles. The minimum absolute atomic E-state index is 0. The topological polar surface area (TPSA) is 62.1 Å². The summed E-state index contributed by atoms with van der Waals surface area (Å²) in [6.07, 6.45) is -0.429. The van der Waals surface area contributed by atoms with Gasteiger partial charge < -0.3 is 10.1 Å². The molecule has 18 heavy (non-hydrogen) atoms. The fourth-order valence-corrected chi connectivity index (χ4v) is 2.04. The Morgan fingerprint density at radius 1 is 1.44 bits per heavy atom. The van der Waals surface area contributed by atoms with Crippen molar-refractivity contribution < 1.29 is 9.53 Å². The highest BCUT2D eigenvalue weighted by Gasteiger charge is 2.38. The summed E-state index contributed by atoms with van der Waals surface area (Å²) in [5.41, 5.74) is 1.20. The number of benzene rings is 1. The van der Waals surface area contributed by atoms with Crippen LogP contribution in [-0.4, -0.2) is 12.7 Å². The molecular weight excluding hydrogens is 252 g/mol. The van der Waals surface area contributed by atoms with Crippen LogP contribution >= 0.6 is 12.4 Å². The van der Waals surface area contributed by atoms with Crippen LogP contribution in [-0.2, 0) is 4.74 Å². The third kappa shape index (κ3) is 2.57. The summed E-state index contributed by atoms with van der Waals surface area (Å²) in [5, 5.41) is 11.9. The van der Waals surface area contributed by atoms with E-state index in [9.17, 15) is 4.79 Å². The minimum atomic E-state index is -0.429. The van der Waals surface area contributed by atoms with E-state index in [0.29, 0.717) is 12.2 Å². The molecule has 4 nitrogen and oxygen atoms in total. The van der Waals surface area contributed by atoms with Crippen molar-refractivity contribution in [1.29, 1.82) is 5.26 Å². The third-order valence-electron chi connectivity index (χ3n) is 3.01. The molecule has 1 aliphatic rings. The molecule has 5 heteroatoms. The Labute approximate surface area is 112 Å². The van der Waals surface area contributed by atoms with Gasteiger partial charge in [-0.3, -0.25) is 0 Å². The van der Waals surface area contributed by atoms with Gasteiger partial charge in [-0.2, -0.15) is 5.26 Å². The van der Waals surface area contributed by atoms with Crippen molar-refractivity contribution in [3.8, 4) is 6.07 Å². The van der Waals surface area contributed by atoms with Gasteiger partial charge in [-0.05, 0) is 11.6 Å². The molecule has 0 unspecified atom stereocenters. The lowest BCUT2D eigenvalue weighted by Gasteiger charge is -2.38. The lowest BCUT2D eigenvalue weighted by molar-refractivity contribution is 0.0387. The zero-order valence-corrected chi connectivity index (χ0v) is 11.1. The number of nitriles is 1. The van der Waals surface area contributed by atoms with Crippen molar-refractivity contribution in [2.24, 2.45) is 5.41 Å². The molecule has 0 aliphatic carbocycles. The number of halogens is 1. The molecular formula is C13H15ClN2O2. The maximum atomic E-state index is 11.3. The maximum Gasteiger partial charge on any atom is 0.407 e. The van der Waals surface area contributed by atoms with Gasteiger partial charge in [-0.25, -0.2) is 4.79 Å². The van der Waals surface area contributed by atoms with Crippen molar-refractivity contribution in [3.05, 3.63) is 35.4 Å². The fourth-order valence-electron chi connectivity index (χ4n) is 2.04. The maximum absolute atomic E-state index is 11.3. The van der Waals surface area contributed by atoms with Gasteiger partial charge in [-0.15, -0.1) is 12.4 Å². The minimum Gasteiger partial charge on any atom is -0.449 e. The predicted molar refractivity (Wildman–Crippen MR) is 69.4 cm³/mol. The summed E-state index contributed by atoms with van der Waals surface area (Å²) in [6.45, 7) is 4.36. The predicted octanol–water partition coefficient (Wildman–Crippen LogP) is 2.79. The lowest BCUT2D eigenvalue weighted by atomic mass is 9.79. The third-order valence-corrected chi connectivity index (χ3v) is 3.01. The highest BCUT2D eigenvalue weighted by Crippen LogP contribution is 2.37. The van der Waals surface area contributed by atoms with E-state index < -0.39 is 6.09 Å². The SMILES string of the molecule is CC1(C)COC(=O)N[C@@H]1c1ccccc1C#N.Cl. The second kappa shape index (κ2) is 5.28. The van der Waals surface area contributed by atoms with E-state index in [0.717, 1.165) is 5.56 Å². The number of hydrogen-bond donors (Lipinski definition) is 1. The molecule has 1 aliphatic heterocycles. The van der Waals surface area contributed by atoms with Gasteiger partial charge in [0.05, 0.1) is 17.7 Å². The molecule has 1 saturated heterocycles. The first kappa shape index (κ1) is 14.3. The first-order valence-electron chi connectivity index (χ1n) is 5.47. The summed E-state index contributed by atoms with van der Waals surface area (Å²) in [4.78, 5) is 11.3. The molecule has 0 aromatic heterocycles. The summed E-state index contributed by atoms with van der Waals surface area (Å²) in [5.74, 6) is 0. The zero-order chi connectivity index (χ0) is 12.5. The zero-order valence-electron chi connectivity index (χ0n) is 10.3. The van der Waals surface area contributed by atoms with E-state index in [1.165, 1.54) is 0 Å². The molecule has 0 bridgehead atoms. The molecule has 0 radical (unpaired) electrons. The molecule has 2 rings (SSSR count). The van der Waals surface area contributed by atoms with Gasteiger partial charge in [0.2, 0.25) is 0 Å². The number of rotatable bonds is 1. The van der Waals surface area contributed by atoms with Crippen LogP contribution in [0.1, 0.15) is 31.0 Å². The number of carbonyl (C=O) groups excluding carboxylic acids is 1. The molecule has 1 aromatic rings. The van der Waals surface area contributed by atoms with Gasteiger partial charge in [0.25, 0.3) is 0 Å². The van der Waals surface area contributed by atoms with Crippen molar-refractivity contribution in [2.45, 2.75) is 19.9 Å². The summed E-state index contributed by atoms with van der Waals surface area (Å²) in [6, 6.07) is 9.27. The Bertz CT molecular complexity index is 494. The van der Waals surface area contributed by atoms with Crippen LogP contribution in [0, 0.1) is 16.7 Å². The highest BCUT2D eigenvalue weighted by atomic mass is 35.5. The van der Waals surface area contributed by atoms with Crippen LogP contribution in [0.15, 0.2) is 24.3 Å². The van der Waals surface area contributed by atoms with E-state index in [4.69, 9.17) is 10.00 Å². The Morgan fingerprint density at radius 2 is 2.11 bits per heavy atom. The number of amides is 1. The molecule has 1 fully saturated rings. The average Bonchev–Trinajstić information content (AvgIpc) is 2.32. The number of nitrogens with zero attached hydrogens (tertiary/aromatic N) is 1. The molecule has 1 N–H and O–H groups in total. The average molecular weight is 267 g/mol. The molecule has 1 atom stereocenters. The van der Waals surface area contributed by atoms with Crippen molar-refractivity contribution in [3.63, 3.8) is 0 Å². The van der Waals surface area contributed by atoms with Gasteiger partial charge in [0.15, 0.2) is 0 Å². The van der Waals surface area contributed by atoms with Crippen molar-refractivity contribution >= 4 is 18.5 Å². The second-order valence-corrected chi connectivity index (χ2v) is 4.84. The largest absolute Gasteiger partial charge is 0.449 e. The summed E-state index contributed by atoms with van der Waals surface area (Å²) >= 11 is 0. The van der Waals surface area contributed by atoms with Crippen LogP contribution in [0.3, 0.4) is 0 Å². The number of cyclic esters (lactones) is 1. The van der Waals surface area contributed by atoms with Gasteiger partial charge in [-0.1, -0.05) is 32.0 Å². The van der Waals surface area contributed by atoms with Crippen molar-refractivity contribution in [1.82, 2.24) is 5.32 Å². The smallest absolute Gasteiger partial charge is 0.407 e. The van der Waals surface area contributed by atoms with Crippen LogP contribution in [0.4, 0.5) is 4.79 Å². The molecule has 0 spiro atoms. The number of carbonyl (C=O) groups is 1. The standard InChI is InChI=1S/C13H14N2O2.ClH/c1-13(2)8-17-12(16)15-11(13)10-6-4-3-5-9(10)7-14;/h3-6,11H,8H2,1-2H3,(H,15,16);1H/t11-;/m1./s1. The first-order chi connectivity index (χ1) is 8.04. The van der Waals surface area contributed by atoms with E-state index in [2.05, 4.69) is 11.4 Å². The van der Waals surface area contributed by atoms with Gasteiger partial charge in [0.1, 0.15) is 6.61 Å². The summed E-state index contributed by atoms with van der Waals surface area (Å²) < 4.78 is 4.99. The Balaban J connectivity index is 0.00000162. The Hall–Kier alpha value is -1.73. The number of nitrogens with one attached hydrogen (secondary N) is 1. The number of ether oxygens (including phenoxy) is 1. The number of hydrogen-bond acceptors (Lipinski definition) is 3. The highest BCUT2D eigenvalue weighted by molar-refractivity contribution is 5.85. The molecule has 1 heterocycles. The molecule has 1 amide bonds. The Kier molecular flexibility index (Phi) is 4.20. The Morgan fingerprint density at radius 3 is 2.78 bits per heavy atom. The van der Waals surface area contributed by atoms with E-state index >= 15 is 0 Å². The van der Waals surface area contributed by atoms with Crippen molar-refractivity contribution in [2.75, 3.05) is 6.61 Å². The van der Waals surface area contributed by atoms with Crippen LogP contribution in [0.25, 0.3) is 0 Å². The van der Waals surface area contributed by atoms with E-state index in [-0.39, 0.29) is 23.9 Å². The monoisotopic (exact) mass is 266 g/mol. The second-order valence-electron chi connectivity index (χ2n) is 4.84. The van der Waals surface area contributed by atoms with Crippen LogP contribution < -0.4 is 5.32 Å². The molecule has 96 valence electrons. The van der Waals surface area contributed by atoms with Gasteiger partial charge in [0, 0.05) is 5.41 Å².